The minimum Gasteiger partial charge on any atom is -0.497 e. The molecule has 0 aliphatic heterocycles. The Hall–Kier alpha value is -2.73. The van der Waals surface area contributed by atoms with Crippen molar-refractivity contribution in [2.75, 3.05) is 12.4 Å². The van der Waals surface area contributed by atoms with Gasteiger partial charge in [-0.1, -0.05) is 0 Å². The van der Waals surface area contributed by atoms with Gasteiger partial charge in [0.1, 0.15) is 5.75 Å². The summed E-state index contributed by atoms with van der Waals surface area (Å²) >= 11 is 1.48. The Morgan fingerprint density at radius 3 is 2.45 bits per heavy atom. The molecular weight excluding hydrogens is 298 g/mol. The molecule has 2 aromatic heterocycles. The first-order valence-electron chi connectivity index (χ1n) is 6.56. The highest BCUT2D eigenvalue weighted by Crippen LogP contribution is 2.19. The van der Waals surface area contributed by atoms with Gasteiger partial charge in [-0.25, -0.2) is 9.97 Å². The number of nitrogens with one attached hydrogen (secondary N) is 1. The van der Waals surface area contributed by atoms with Crippen LogP contribution in [0.15, 0.2) is 53.5 Å². The average Bonchev–Trinajstić information content (AvgIpc) is 3.10. The molecule has 5 nitrogen and oxygen atoms in total. The van der Waals surface area contributed by atoms with E-state index in [4.69, 9.17) is 4.74 Å². The number of ether oxygens (including phenoxy) is 1. The Balaban J connectivity index is 1.73. The molecule has 2 heterocycles. The fraction of sp³-hybridized carbons (Fsp3) is 0.0625. The summed E-state index contributed by atoms with van der Waals surface area (Å²) in [4.78, 5) is 20.5. The molecule has 1 aromatic carbocycles. The minimum absolute atomic E-state index is 0.165. The molecule has 0 fully saturated rings. The molecular formula is C16H13N3O2S. The second-order valence-electron chi connectivity index (χ2n) is 4.49. The van der Waals surface area contributed by atoms with Crippen molar-refractivity contribution in [2.24, 2.45) is 0 Å². The van der Waals surface area contributed by atoms with E-state index in [0.717, 1.165) is 11.3 Å². The van der Waals surface area contributed by atoms with Crippen LogP contribution in [0, 0.1) is 0 Å². The lowest BCUT2D eigenvalue weighted by atomic mass is 10.2. The summed E-state index contributed by atoms with van der Waals surface area (Å²) in [5.74, 6) is 1.21. The van der Waals surface area contributed by atoms with Crippen LogP contribution in [-0.4, -0.2) is 23.0 Å². The van der Waals surface area contributed by atoms with Crippen LogP contribution in [0.5, 0.6) is 5.75 Å². The molecule has 0 aliphatic rings. The predicted octanol–water partition coefficient (Wildman–Crippen LogP) is 3.47. The topological polar surface area (TPSA) is 64.1 Å². The van der Waals surface area contributed by atoms with Crippen molar-refractivity contribution in [1.29, 1.82) is 0 Å². The van der Waals surface area contributed by atoms with Gasteiger partial charge < -0.3 is 10.1 Å². The summed E-state index contributed by atoms with van der Waals surface area (Å²) in [6.07, 6.45) is 3.19. The number of aromatic nitrogens is 2. The zero-order valence-electron chi connectivity index (χ0n) is 11.8. The van der Waals surface area contributed by atoms with E-state index in [1.54, 1.807) is 30.9 Å². The van der Waals surface area contributed by atoms with Crippen molar-refractivity contribution in [3.63, 3.8) is 0 Å². The van der Waals surface area contributed by atoms with Crippen LogP contribution in [-0.2, 0) is 0 Å². The molecule has 6 heteroatoms. The monoisotopic (exact) mass is 311 g/mol. The van der Waals surface area contributed by atoms with Crippen LogP contribution in [0.4, 0.5) is 5.69 Å². The molecule has 1 amide bonds. The number of amides is 1. The fourth-order valence-electron chi connectivity index (χ4n) is 1.88. The first-order chi connectivity index (χ1) is 10.8. The van der Waals surface area contributed by atoms with Gasteiger partial charge >= 0.3 is 0 Å². The van der Waals surface area contributed by atoms with E-state index in [1.807, 2.05) is 29.6 Å². The molecule has 0 aliphatic carbocycles. The average molecular weight is 311 g/mol. The van der Waals surface area contributed by atoms with Crippen LogP contribution in [0.2, 0.25) is 0 Å². The largest absolute Gasteiger partial charge is 0.497 e. The molecule has 0 unspecified atom stereocenters. The highest BCUT2D eigenvalue weighted by Gasteiger charge is 2.07. The maximum absolute atomic E-state index is 11.9. The van der Waals surface area contributed by atoms with Crippen molar-refractivity contribution in [3.8, 4) is 17.1 Å². The summed E-state index contributed by atoms with van der Waals surface area (Å²) in [7, 11) is 1.62. The smallest absolute Gasteiger partial charge is 0.256 e. The maximum atomic E-state index is 11.9. The van der Waals surface area contributed by atoms with E-state index in [9.17, 15) is 4.79 Å². The van der Waals surface area contributed by atoms with E-state index in [1.165, 1.54) is 11.3 Å². The highest BCUT2D eigenvalue weighted by molar-refractivity contribution is 7.08. The normalized spacial score (nSPS) is 10.2. The SMILES string of the molecule is COc1ccc(-c2ncc(NC(=O)c3ccsc3)cn2)cc1. The predicted molar refractivity (Wildman–Crippen MR) is 86.3 cm³/mol. The van der Waals surface area contributed by atoms with Crippen molar-refractivity contribution < 1.29 is 9.53 Å². The van der Waals surface area contributed by atoms with Gasteiger partial charge in [0, 0.05) is 10.9 Å². The standard InChI is InChI=1S/C16H13N3O2S/c1-21-14-4-2-11(3-5-14)15-17-8-13(9-18-15)19-16(20)12-6-7-22-10-12/h2-10H,1H3,(H,19,20). The van der Waals surface area contributed by atoms with Crippen LogP contribution >= 0.6 is 11.3 Å². The summed E-state index contributed by atoms with van der Waals surface area (Å²) in [5.41, 5.74) is 2.08. The van der Waals surface area contributed by atoms with E-state index in [2.05, 4.69) is 15.3 Å². The molecule has 3 aromatic rings. The van der Waals surface area contributed by atoms with Crippen LogP contribution in [0.25, 0.3) is 11.4 Å². The van der Waals surface area contributed by atoms with Crippen molar-refractivity contribution in [3.05, 3.63) is 59.0 Å². The number of thiophene rings is 1. The van der Waals surface area contributed by atoms with Crippen LogP contribution in [0.1, 0.15) is 10.4 Å². The third-order valence-corrected chi connectivity index (χ3v) is 3.72. The van der Waals surface area contributed by atoms with Gasteiger partial charge in [0.2, 0.25) is 0 Å². The van der Waals surface area contributed by atoms with E-state index in [0.29, 0.717) is 17.1 Å². The van der Waals surface area contributed by atoms with Crippen LogP contribution in [0.3, 0.4) is 0 Å². The molecule has 110 valence electrons. The van der Waals surface area contributed by atoms with Gasteiger partial charge in [-0.3, -0.25) is 4.79 Å². The first kappa shape index (κ1) is 14.2. The number of rotatable bonds is 4. The zero-order chi connectivity index (χ0) is 15.4. The summed E-state index contributed by atoms with van der Waals surface area (Å²) in [6, 6.07) is 9.25. The lowest BCUT2D eigenvalue weighted by molar-refractivity contribution is 0.102. The Bertz CT molecular complexity index is 753. The Labute approximate surface area is 131 Å². The van der Waals surface area contributed by atoms with Gasteiger partial charge in [0.15, 0.2) is 5.82 Å². The number of nitrogens with zero attached hydrogens (tertiary/aromatic N) is 2. The molecule has 0 radical (unpaired) electrons. The second kappa shape index (κ2) is 6.36. The zero-order valence-corrected chi connectivity index (χ0v) is 12.6. The Morgan fingerprint density at radius 1 is 1.14 bits per heavy atom. The molecule has 0 saturated heterocycles. The molecule has 0 atom stereocenters. The minimum atomic E-state index is -0.165. The fourth-order valence-corrected chi connectivity index (χ4v) is 2.51. The number of hydrogen-bond acceptors (Lipinski definition) is 5. The lowest BCUT2D eigenvalue weighted by Crippen LogP contribution is -2.11. The van der Waals surface area contributed by atoms with Gasteiger partial charge in [-0.05, 0) is 35.7 Å². The number of methoxy groups -OCH3 is 1. The molecule has 0 bridgehead atoms. The van der Waals surface area contributed by atoms with E-state index < -0.39 is 0 Å². The quantitative estimate of drug-likeness (QED) is 0.801. The molecule has 0 spiro atoms. The molecule has 22 heavy (non-hydrogen) atoms. The summed E-state index contributed by atoms with van der Waals surface area (Å²) in [5, 5.41) is 6.42. The van der Waals surface area contributed by atoms with Gasteiger partial charge in [-0.15, -0.1) is 0 Å². The van der Waals surface area contributed by atoms with Crippen LogP contribution < -0.4 is 10.1 Å². The Morgan fingerprint density at radius 2 is 1.86 bits per heavy atom. The van der Waals surface area contributed by atoms with Crippen molar-refractivity contribution in [1.82, 2.24) is 9.97 Å². The molecule has 3 rings (SSSR count). The number of benzene rings is 1. The van der Waals surface area contributed by atoms with Crippen molar-refractivity contribution in [2.45, 2.75) is 0 Å². The van der Waals surface area contributed by atoms with Crippen molar-refractivity contribution >= 4 is 22.9 Å². The maximum Gasteiger partial charge on any atom is 0.256 e. The van der Waals surface area contributed by atoms with Gasteiger partial charge in [0.05, 0.1) is 30.8 Å². The summed E-state index contributed by atoms with van der Waals surface area (Å²) in [6.45, 7) is 0. The number of anilines is 1. The van der Waals surface area contributed by atoms with E-state index >= 15 is 0 Å². The van der Waals surface area contributed by atoms with Gasteiger partial charge in [0.25, 0.3) is 5.91 Å². The molecule has 1 N–H and O–H groups in total. The molecule has 0 saturated carbocycles. The second-order valence-corrected chi connectivity index (χ2v) is 5.27. The first-order valence-corrected chi connectivity index (χ1v) is 7.50. The number of carbonyl (C=O) groups excluding carboxylic acids is 1. The highest BCUT2D eigenvalue weighted by atomic mass is 32.1. The lowest BCUT2D eigenvalue weighted by Gasteiger charge is -2.05. The summed E-state index contributed by atoms with van der Waals surface area (Å²) < 4.78 is 5.12. The van der Waals surface area contributed by atoms with E-state index in [-0.39, 0.29) is 5.91 Å². The van der Waals surface area contributed by atoms with Gasteiger partial charge in [-0.2, -0.15) is 11.3 Å². The Kier molecular flexibility index (Phi) is 4.11. The third kappa shape index (κ3) is 3.12. The number of carbonyl (C=O) groups is 1. The third-order valence-electron chi connectivity index (χ3n) is 3.04. The number of hydrogen-bond donors (Lipinski definition) is 1.